The molecular weight excluding hydrogens is 238 g/mol. The zero-order valence-corrected chi connectivity index (χ0v) is 10.3. The largest absolute Gasteiger partial charge is 0.481 e. The lowest BCUT2D eigenvalue weighted by atomic mass is 10.3. The Labute approximate surface area is 102 Å². The highest BCUT2D eigenvalue weighted by Crippen LogP contribution is 2.07. The van der Waals surface area contributed by atoms with Crippen molar-refractivity contribution in [2.75, 3.05) is 7.11 Å². The number of thiazole rings is 1. The Bertz CT molecular complexity index is 583. The molecule has 0 aromatic carbocycles. The van der Waals surface area contributed by atoms with Gasteiger partial charge in [0.1, 0.15) is 0 Å². The Kier molecular flexibility index (Phi) is 3.34. The van der Waals surface area contributed by atoms with Gasteiger partial charge in [-0.2, -0.15) is 4.99 Å². The summed E-state index contributed by atoms with van der Waals surface area (Å²) in [7, 11) is 3.37. The highest BCUT2D eigenvalue weighted by molar-refractivity contribution is 7.07. The highest BCUT2D eigenvalue weighted by atomic mass is 32.1. The van der Waals surface area contributed by atoms with Gasteiger partial charge in [-0.15, -0.1) is 11.3 Å². The van der Waals surface area contributed by atoms with Crippen LogP contribution in [-0.4, -0.2) is 22.6 Å². The summed E-state index contributed by atoms with van der Waals surface area (Å²) in [6, 6.07) is 3.28. The van der Waals surface area contributed by atoms with Gasteiger partial charge in [0.2, 0.25) is 5.88 Å². The summed E-state index contributed by atoms with van der Waals surface area (Å²) in [5.41, 5.74) is 0.444. The number of hydrogen-bond acceptors (Lipinski definition) is 4. The smallest absolute Gasteiger partial charge is 0.281 e. The molecule has 2 aromatic rings. The molecule has 2 aromatic heterocycles. The third-order valence-electron chi connectivity index (χ3n) is 2.15. The summed E-state index contributed by atoms with van der Waals surface area (Å²) >= 11 is 1.41. The Morgan fingerprint density at radius 3 is 2.88 bits per heavy atom. The van der Waals surface area contributed by atoms with Crippen LogP contribution < -0.4 is 9.54 Å². The Morgan fingerprint density at radius 2 is 2.35 bits per heavy atom. The SMILES string of the molecule is COc1ccc(C(=O)N=c2sccn2C)cn1. The van der Waals surface area contributed by atoms with E-state index >= 15 is 0 Å². The van der Waals surface area contributed by atoms with Crippen molar-refractivity contribution in [1.82, 2.24) is 9.55 Å². The van der Waals surface area contributed by atoms with E-state index in [1.54, 1.807) is 16.7 Å². The van der Waals surface area contributed by atoms with Crippen LogP contribution in [-0.2, 0) is 7.05 Å². The second-order valence-electron chi connectivity index (χ2n) is 3.30. The van der Waals surface area contributed by atoms with Gasteiger partial charge in [-0.05, 0) is 6.07 Å². The molecule has 0 aliphatic carbocycles. The van der Waals surface area contributed by atoms with E-state index in [0.717, 1.165) is 0 Å². The molecule has 0 aliphatic heterocycles. The third kappa shape index (κ3) is 2.59. The maximum atomic E-state index is 11.8. The number of ether oxygens (including phenoxy) is 1. The number of carbonyl (C=O) groups excluding carboxylic acids is 1. The van der Waals surface area contributed by atoms with Crippen molar-refractivity contribution < 1.29 is 9.53 Å². The van der Waals surface area contributed by atoms with E-state index in [1.807, 2.05) is 18.6 Å². The van der Waals surface area contributed by atoms with Crippen molar-refractivity contribution in [3.05, 3.63) is 40.3 Å². The van der Waals surface area contributed by atoms with Crippen molar-refractivity contribution in [1.29, 1.82) is 0 Å². The van der Waals surface area contributed by atoms with E-state index in [1.165, 1.54) is 24.6 Å². The summed E-state index contributed by atoms with van der Waals surface area (Å²) in [4.78, 5) is 20.4. The molecule has 88 valence electrons. The highest BCUT2D eigenvalue weighted by Gasteiger charge is 2.05. The molecule has 0 spiro atoms. The fourth-order valence-corrected chi connectivity index (χ4v) is 1.94. The molecule has 1 amide bonds. The lowest BCUT2D eigenvalue weighted by Crippen LogP contribution is -2.12. The second-order valence-corrected chi connectivity index (χ2v) is 4.18. The van der Waals surface area contributed by atoms with Gasteiger partial charge in [-0.3, -0.25) is 4.79 Å². The molecule has 0 saturated heterocycles. The van der Waals surface area contributed by atoms with Gasteiger partial charge in [0.15, 0.2) is 4.80 Å². The van der Waals surface area contributed by atoms with Gasteiger partial charge in [0.25, 0.3) is 5.91 Å². The van der Waals surface area contributed by atoms with E-state index in [-0.39, 0.29) is 5.91 Å². The predicted octanol–water partition coefficient (Wildman–Crippen LogP) is 1.23. The van der Waals surface area contributed by atoms with Gasteiger partial charge in [0, 0.05) is 30.9 Å². The number of aromatic nitrogens is 2. The van der Waals surface area contributed by atoms with Gasteiger partial charge >= 0.3 is 0 Å². The molecule has 0 N–H and O–H groups in total. The molecular formula is C11H11N3O2S. The summed E-state index contributed by atoms with van der Waals surface area (Å²) in [5, 5.41) is 1.87. The number of carbonyl (C=O) groups is 1. The van der Waals surface area contributed by atoms with Crippen molar-refractivity contribution in [2.24, 2.45) is 12.0 Å². The second kappa shape index (κ2) is 4.92. The zero-order chi connectivity index (χ0) is 12.3. The van der Waals surface area contributed by atoms with Crippen LogP contribution >= 0.6 is 11.3 Å². The molecule has 0 bridgehead atoms. The van der Waals surface area contributed by atoms with E-state index in [4.69, 9.17) is 4.74 Å². The van der Waals surface area contributed by atoms with Crippen LogP contribution in [0.25, 0.3) is 0 Å². The average Bonchev–Trinajstić information content (AvgIpc) is 2.75. The summed E-state index contributed by atoms with van der Waals surface area (Å²) in [6.07, 6.45) is 3.31. The Hall–Kier alpha value is -1.95. The fourth-order valence-electron chi connectivity index (χ4n) is 1.21. The van der Waals surface area contributed by atoms with Crippen LogP contribution in [0.4, 0.5) is 0 Å². The lowest BCUT2D eigenvalue weighted by Gasteiger charge is -1.98. The van der Waals surface area contributed by atoms with Gasteiger partial charge in [0.05, 0.1) is 12.7 Å². The van der Waals surface area contributed by atoms with E-state index in [9.17, 15) is 4.79 Å². The van der Waals surface area contributed by atoms with E-state index in [2.05, 4.69) is 9.98 Å². The van der Waals surface area contributed by atoms with Gasteiger partial charge in [-0.1, -0.05) is 0 Å². The number of nitrogens with zero attached hydrogens (tertiary/aromatic N) is 3. The van der Waals surface area contributed by atoms with Crippen LogP contribution in [0.15, 0.2) is 34.9 Å². The molecule has 2 heterocycles. The van der Waals surface area contributed by atoms with Crippen LogP contribution in [0, 0.1) is 0 Å². The monoisotopic (exact) mass is 249 g/mol. The first-order chi connectivity index (χ1) is 8.20. The third-order valence-corrected chi connectivity index (χ3v) is 3.00. The van der Waals surface area contributed by atoms with Crippen molar-refractivity contribution in [3.8, 4) is 5.88 Å². The minimum Gasteiger partial charge on any atom is -0.481 e. The molecule has 0 atom stereocenters. The first kappa shape index (κ1) is 11.5. The Balaban J connectivity index is 2.29. The lowest BCUT2D eigenvalue weighted by molar-refractivity contribution is 0.0997. The normalized spacial score (nSPS) is 11.5. The average molecular weight is 249 g/mol. The molecule has 2 rings (SSSR count). The topological polar surface area (TPSA) is 56.5 Å². The minimum absolute atomic E-state index is 0.307. The van der Waals surface area contributed by atoms with Crippen LogP contribution in [0.2, 0.25) is 0 Å². The first-order valence-corrected chi connectivity index (χ1v) is 5.78. The van der Waals surface area contributed by atoms with Crippen LogP contribution in [0.1, 0.15) is 10.4 Å². The fraction of sp³-hybridized carbons (Fsp3) is 0.182. The van der Waals surface area contributed by atoms with Crippen LogP contribution in [0.5, 0.6) is 5.88 Å². The van der Waals surface area contributed by atoms with Crippen molar-refractivity contribution in [2.45, 2.75) is 0 Å². The van der Waals surface area contributed by atoms with Gasteiger partial charge in [-0.25, -0.2) is 4.98 Å². The number of pyridine rings is 1. The standard InChI is InChI=1S/C11H11N3O2S/c1-14-5-6-17-11(14)13-10(15)8-3-4-9(16-2)12-7-8/h3-7H,1-2H3. The first-order valence-electron chi connectivity index (χ1n) is 4.90. The number of hydrogen-bond donors (Lipinski definition) is 0. The maximum absolute atomic E-state index is 11.8. The molecule has 0 fully saturated rings. The Morgan fingerprint density at radius 1 is 1.53 bits per heavy atom. The number of methoxy groups -OCH3 is 1. The quantitative estimate of drug-likeness (QED) is 0.804. The summed E-state index contributed by atoms with van der Waals surface area (Å²) in [5.74, 6) is 0.168. The molecule has 0 unspecified atom stereocenters. The zero-order valence-electron chi connectivity index (χ0n) is 9.45. The number of rotatable bonds is 2. The van der Waals surface area contributed by atoms with Crippen molar-refractivity contribution in [3.63, 3.8) is 0 Å². The summed E-state index contributed by atoms with van der Waals surface area (Å²) in [6.45, 7) is 0. The molecule has 0 saturated carbocycles. The number of aryl methyl sites for hydroxylation is 1. The summed E-state index contributed by atoms with van der Waals surface area (Å²) < 4.78 is 6.71. The van der Waals surface area contributed by atoms with Gasteiger partial charge < -0.3 is 9.30 Å². The molecule has 0 radical (unpaired) electrons. The number of amides is 1. The molecule has 6 heteroatoms. The van der Waals surface area contributed by atoms with Crippen LogP contribution in [0.3, 0.4) is 0 Å². The molecule has 0 aliphatic rings. The van der Waals surface area contributed by atoms with Crippen molar-refractivity contribution >= 4 is 17.2 Å². The maximum Gasteiger partial charge on any atom is 0.281 e. The van der Waals surface area contributed by atoms with E-state index in [0.29, 0.717) is 16.2 Å². The van der Waals surface area contributed by atoms with E-state index < -0.39 is 0 Å². The predicted molar refractivity (Wildman–Crippen MR) is 64.0 cm³/mol. The molecule has 5 nitrogen and oxygen atoms in total. The molecule has 17 heavy (non-hydrogen) atoms. The minimum atomic E-state index is -0.307.